The van der Waals surface area contributed by atoms with Crippen LogP contribution in [-0.4, -0.2) is 32.1 Å². The molecular weight excluding hydrogens is 374 g/mol. The lowest BCUT2D eigenvalue weighted by atomic mass is 9.70. The third-order valence-electron chi connectivity index (χ3n) is 6.93. The molecule has 2 aromatic heterocycles. The highest BCUT2D eigenvalue weighted by Crippen LogP contribution is 2.63. The third kappa shape index (κ3) is 2.98. The fourth-order valence-electron chi connectivity index (χ4n) is 4.66. The average molecular weight is 402 g/mol. The predicted octanol–water partition coefficient (Wildman–Crippen LogP) is 3.97. The first-order valence-corrected chi connectivity index (χ1v) is 10.8. The zero-order valence-electron chi connectivity index (χ0n) is 16.9. The number of aromatic nitrogens is 3. The van der Waals surface area contributed by atoms with E-state index in [1.54, 1.807) is 6.26 Å². The van der Waals surface area contributed by atoms with Gasteiger partial charge in [-0.1, -0.05) is 32.5 Å². The Bertz CT molecular complexity index is 902. The van der Waals surface area contributed by atoms with E-state index in [1.807, 2.05) is 23.6 Å². The lowest BCUT2D eigenvalue weighted by molar-refractivity contribution is -0.118. The number of hydrazone groups is 1. The smallest absolute Gasteiger partial charge is 0.250 e. The fourth-order valence-corrected chi connectivity index (χ4v) is 5.45. The van der Waals surface area contributed by atoms with Crippen molar-refractivity contribution in [2.75, 3.05) is 5.75 Å². The molecule has 2 aliphatic rings. The second-order valence-electron chi connectivity index (χ2n) is 8.40. The highest BCUT2D eigenvalue weighted by Gasteiger charge is 2.60. The van der Waals surface area contributed by atoms with Crippen LogP contribution in [0.15, 0.2) is 33.1 Å². The summed E-state index contributed by atoms with van der Waals surface area (Å²) in [6.07, 6.45) is 5.02. The van der Waals surface area contributed by atoms with Crippen LogP contribution in [0.2, 0.25) is 0 Å². The first-order chi connectivity index (χ1) is 13.4. The monoisotopic (exact) mass is 401 g/mol. The molecule has 1 N–H and O–H groups in total. The van der Waals surface area contributed by atoms with E-state index < -0.39 is 0 Å². The summed E-state index contributed by atoms with van der Waals surface area (Å²) in [5, 5.41) is 13.6. The van der Waals surface area contributed by atoms with Crippen LogP contribution < -0.4 is 5.43 Å². The lowest BCUT2D eigenvalue weighted by Crippen LogP contribution is -2.34. The van der Waals surface area contributed by atoms with Crippen LogP contribution in [0.5, 0.6) is 0 Å². The molecule has 2 fully saturated rings. The molecule has 8 heteroatoms. The molecule has 0 aliphatic heterocycles. The van der Waals surface area contributed by atoms with Gasteiger partial charge >= 0.3 is 0 Å². The fraction of sp³-hybridized carbons (Fsp3) is 0.600. The van der Waals surface area contributed by atoms with Crippen molar-refractivity contribution >= 4 is 23.4 Å². The SMILES string of the molecule is CCn1c(SCC(=O)N/N=C2\C[C@H]3CC[C@]2(C)C3(C)C)nnc1-c1ccco1. The Morgan fingerprint density at radius 2 is 2.25 bits per heavy atom. The zero-order chi connectivity index (χ0) is 19.9. The minimum atomic E-state index is -0.119. The summed E-state index contributed by atoms with van der Waals surface area (Å²) in [5.41, 5.74) is 4.26. The Balaban J connectivity index is 1.38. The van der Waals surface area contributed by atoms with Crippen molar-refractivity contribution in [3.63, 3.8) is 0 Å². The second kappa shape index (κ2) is 7.06. The Hall–Kier alpha value is -2.09. The summed E-state index contributed by atoms with van der Waals surface area (Å²) in [6.45, 7) is 9.67. The first-order valence-electron chi connectivity index (χ1n) is 9.82. The molecule has 28 heavy (non-hydrogen) atoms. The maximum absolute atomic E-state index is 12.4. The molecule has 0 aromatic carbocycles. The molecule has 1 amide bonds. The van der Waals surface area contributed by atoms with Gasteiger partial charge in [0.05, 0.1) is 12.0 Å². The molecule has 2 atom stereocenters. The van der Waals surface area contributed by atoms with Gasteiger partial charge < -0.3 is 4.42 Å². The van der Waals surface area contributed by atoms with Crippen molar-refractivity contribution in [3.05, 3.63) is 18.4 Å². The van der Waals surface area contributed by atoms with E-state index in [4.69, 9.17) is 4.42 Å². The van der Waals surface area contributed by atoms with Crippen LogP contribution >= 0.6 is 11.8 Å². The van der Waals surface area contributed by atoms with Crippen LogP contribution in [0.1, 0.15) is 47.0 Å². The van der Waals surface area contributed by atoms with E-state index in [9.17, 15) is 4.79 Å². The minimum absolute atomic E-state index is 0.0957. The summed E-state index contributed by atoms with van der Waals surface area (Å²) in [5.74, 6) is 2.14. The van der Waals surface area contributed by atoms with Crippen molar-refractivity contribution in [1.82, 2.24) is 20.2 Å². The number of nitrogens with one attached hydrogen (secondary N) is 1. The van der Waals surface area contributed by atoms with Crippen molar-refractivity contribution in [2.24, 2.45) is 21.8 Å². The van der Waals surface area contributed by atoms with E-state index in [0.717, 1.165) is 18.6 Å². The quantitative estimate of drug-likeness (QED) is 0.585. The summed E-state index contributed by atoms with van der Waals surface area (Å²) in [7, 11) is 0. The van der Waals surface area contributed by atoms with Crippen LogP contribution in [0.25, 0.3) is 11.6 Å². The second-order valence-corrected chi connectivity index (χ2v) is 9.35. The molecule has 2 saturated carbocycles. The van der Waals surface area contributed by atoms with Crippen molar-refractivity contribution in [3.8, 4) is 11.6 Å². The number of furan rings is 1. The van der Waals surface area contributed by atoms with Crippen LogP contribution in [0.4, 0.5) is 0 Å². The van der Waals surface area contributed by atoms with E-state index in [2.05, 4.69) is 41.5 Å². The van der Waals surface area contributed by atoms with Gasteiger partial charge in [0.2, 0.25) is 0 Å². The summed E-state index contributed by atoms with van der Waals surface area (Å²) >= 11 is 1.36. The Morgan fingerprint density at radius 1 is 1.43 bits per heavy atom. The molecule has 0 radical (unpaired) electrons. The Kier molecular flexibility index (Phi) is 4.85. The normalized spacial score (nSPS) is 26.9. The number of thioether (sulfide) groups is 1. The number of nitrogens with zero attached hydrogens (tertiary/aromatic N) is 4. The molecule has 4 rings (SSSR count). The van der Waals surface area contributed by atoms with E-state index in [0.29, 0.717) is 29.2 Å². The van der Waals surface area contributed by atoms with Gasteiger partial charge in [0, 0.05) is 17.7 Å². The number of amides is 1. The Labute approximate surface area is 169 Å². The predicted molar refractivity (Wildman–Crippen MR) is 109 cm³/mol. The van der Waals surface area contributed by atoms with Crippen molar-refractivity contribution in [1.29, 1.82) is 0 Å². The lowest BCUT2D eigenvalue weighted by Gasteiger charge is -2.34. The van der Waals surface area contributed by atoms with Crippen LogP contribution in [0.3, 0.4) is 0 Å². The largest absolute Gasteiger partial charge is 0.461 e. The first kappa shape index (κ1) is 19.2. The van der Waals surface area contributed by atoms with Crippen molar-refractivity contribution < 1.29 is 9.21 Å². The number of rotatable bonds is 6. The summed E-state index contributed by atoms with van der Waals surface area (Å²) < 4.78 is 7.36. The van der Waals surface area contributed by atoms with Gasteiger partial charge in [0.15, 0.2) is 16.7 Å². The molecule has 7 nitrogen and oxygen atoms in total. The van der Waals surface area contributed by atoms with Gasteiger partial charge in [-0.05, 0) is 49.7 Å². The van der Waals surface area contributed by atoms with E-state index in [-0.39, 0.29) is 22.5 Å². The van der Waals surface area contributed by atoms with E-state index in [1.165, 1.54) is 18.2 Å². The number of carbonyl (C=O) groups excluding carboxylic acids is 1. The maximum atomic E-state index is 12.4. The number of carbonyl (C=O) groups is 1. The molecular formula is C20H27N5O2S. The highest BCUT2D eigenvalue weighted by molar-refractivity contribution is 7.99. The minimum Gasteiger partial charge on any atom is -0.461 e. The number of fused-ring (bicyclic) bond motifs is 2. The molecule has 2 aliphatic carbocycles. The summed E-state index contributed by atoms with van der Waals surface area (Å²) in [4.78, 5) is 12.4. The van der Waals surface area contributed by atoms with Crippen LogP contribution in [-0.2, 0) is 11.3 Å². The average Bonchev–Trinajstić information content (AvgIpc) is 3.41. The molecule has 0 spiro atoms. The molecule has 0 unspecified atom stereocenters. The summed E-state index contributed by atoms with van der Waals surface area (Å²) in [6, 6.07) is 3.67. The van der Waals surface area contributed by atoms with Gasteiger partial charge in [0.25, 0.3) is 5.91 Å². The van der Waals surface area contributed by atoms with Gasteiger partial charge in [-0.15, -0.1) is 10.2 Å². The molecule has 2 bridgehead atoms. The van der Waals surface area contributed by atoms with Crippen LogP contribution in [0, 0.1) is 16.7 Å². The number of hydrogen-bond donors (Lipinski definition) is 1. The van der Waals surface area contributed by atoms with Crippen molar-refractivity contribution in [2.45, 2.75) is 58.7 Å². The molecule has 0 saturated heterocycles. The molecule has 2 heterocycles. The van der Waals surface area contributed by atoms with Gasteiger partial charge in [0.1, 0.15) is 0 Å². The highest BCUT2D eigenvalue weighted by atomic mass is 32.2. The Morgan fingerprint density at radius 3 is 2.86 bits per heavy atom. The topological polar surface area (TPSA) is 85.3 Å². The van der Waals surface area contributed by atoms with Gasteiger partial charge in [-0.2, -0.15) is 5.10 Å². The standard InChI is InChI=1S/C20H27N5O2S/c1-5-25-17(14-7-6-10-27-14)23-24-18(25)28-12-16(26)22-21-15-11-13-8-9-20(15,4)19(13,2)3/h6-7,10,13H,5,8-9,11-12H2,1-4H3,(H,22,26)/b21-15+/t13-,20+/m1/s1. The number of hydrogen-bond acceptors (Lipinski definition) is 6. The molecule has 150 valence electrons. The van der Waals surface area contributed by atoms with E-state index >= 15 is 0 Å². The molecule has 2 aromatic rings. The third-order valence-corrected chi connectivity index (χ3v) is 7.90. The van der Waals surface area contributed by atoms with Gasteiger partial charge in [-0.3, -0.25) is 9.36 Å². The van der Waals surface area contributed by atoms with Gasteiger partial charge in [-0.25, -0.2) is 5.43 Å². The zero-order valence-corrected chi connectivity index (χ0v) is 17.7. The maximum Gasteiger partial charge on any atom is 0.250 e.